The van der Waals surface area contributed by atoms with Crippen molar-refractivity contribution in [2.75, 3.05) is 5.75 Å². The lowest BCUT2D eigenvalue weighted by molar-refractivity contribution is 0.0948. The van der Waals surface area contributed by atoms with Crippen LogP contribution >= 0.6 is 11.8 Å². The summed E-state index contributed by atoms with van der Waals surface area (Å²) in [5, 5.41) is 3.52. The lowest BCUT2D eigenvalue weighted by Gasteiger charge is -2.05. The standard InChI is InChI=1S/C10H11N3O2S/c14-8(12-6-1-2-6)7-5-11-10-13(9(7)15)3-4-16-10/h5-6H,1-4H2,(H,12,14). The maximum Gasteiger partial charge on any atom is 0.267 e. The van der Waals surface area contributed by atoms with Crippen molar-refractivity contribution in [3.05, 3.63) is 22.1 Å². The number of nitrogens with one attached hydrogen (secondary N) is 1. The van der Waals surface area contributed by atoms with E-state index < -0.39 is 0 Å². The molecule has 1 amide bonds. The Hall–Kier alpha value is -1.30. The second kappa shape index (κ2) is 3.62. The first kappa shape index (κ1) is 9.89. The van der Waals surface area contributed by atoms with Gasteiger partial charge in [0.15, 0.2) is 5.16 Å². The van der Waals surface area contributed by atoms with Crippen molar-refractivity contribution in [3.63, 3.8) is 0 Å². The minimum absolute atomic E-state index is 0.165. The molecule has 1 aromatic heterocycles. The SMILES string of the molecule is O=C(NC1CC1)c1cnc2n(c1=O)CCS2. The molecule has 0 spiro atoms. The molecule has 1 aliphatic heterocycles. The van der Waals surface area contributed by atoms with E-state index in [1.54, 1.807) is 16.3 Å². The zero-order valence-electron chi connectivity index (χ0n) is 8.60. The molecule has 2 aliphatic rings. The van der Waals surface area contributed by atoms with Crippen LogP contribution in [0.4, 0.5) is 0 Å². The van der Waals surface area contributed by atoms with E-state index in [9.17, 15) is 9.59 Å². The molecule has 1 aromatic rings. The van der Waals surface area contributed by atoms with E-state index in [1.807, 2.05) is 0 Å². The Balaban J connectivity index is 1.95. The molecular weight excluding hydrogens is 226 g/mol. The van der Waals surface area contributed by atoms with Gasteiger partial charge in [0.2, 0.25) is 0 Å². The maximum atomic E-state index is 12.0. The Morgan fingerprint density at radius 3 is 3.12 bits per heavy atom. The number of hydrogen-bond acceptors (Lipinski definition) is 4. The van der Waals surface area contributed by atoms with Crippen LogP contribution in [0.5, 0.6) is 0 Å². The third kappa shape index (κ3) is 1.63. The molecule has 0 bridgehead atoms. The van der Waals surface area contributed by atoms with E-state index in [-0.39, 0.29) is 23.1 Å². The van der Waals surface area contributed by atoms with Crippen LogP contribution in [0.15, 0.2) is 16.1 Å². The third-order valence-corrected chi connectivity index (χ3v) is 3.68. The molecule has 0 atom stereocenters. The van der Waals surface area contributed by atoms with Crippen molar-refractivity contribution in [2.45, 2.75) is 30.6 Å². The fourth-order valence-corrected chi connectivity index (χ4v) is 2.58. The predicted molar refractivity (Wildman–Crippen MR) is 59.7 cm³/mol. The van der Waals surface area contributed by atoms with Crippen molar-refractivity contribution in [1.82, 2.24) is 14.9 Å². The van der Waals surface area contributed by atoms with Crippen LogP contribution in [0.25, 0.3) is 0 Å². The smallest absolute Gasteiger partial charge is 0.267 e. The molecule has 1 aliphatic carbocycles. The Morgan fingerprint density at radius 2 is 2.38 bits per heavy atom. The van der Waals surface area contributed by atoms with Gasteiger partial charge >= 0.3 is 0 Å². The number of hydrogen-bond donors (Lipinski definition) is 1. The monoisotopic (exact) mass is 237 g/mol. The Morgan fingerprint density at radius 1 is 1.56 bits per heavy atom. The molecule has 1 N–H and O–H groups in total. The number of carbonyl (C=O) groups excluding carboxylic acids is 1. The van der Waals surface area contributed by atoms with Crippen LogP contribution in [0.3, 0.4) is 0 Å². The highest BCUT2D eigenvalue weighted by molar-refractivity contribution is 7.99. The highest BCUT2D eigenvalue weighted by atomic mass is 32.2. The highest BCUT2D eigenvalue weighted by Gasteiger charge is 2.26. The molecule has 84 valence electrons. The number of rotatable bonds is 2. The summed E-state index contributed by atoms with van der Waals surface area (Å²) in [6.45, 7) is 0.649. The Bertz CT molecular complexity index is 507. The van der Waals surface area contributed by atoms with Gasteiger partial charge in [-0.1, -0.05) is 11.8 Å². The van der Waals surface area contributed by atoms with Gasteiger partial charge in [0.1, 0.15) is 5.56 Å². The first-order valence-corrected chi connectivity index (χ1v) is 6.28. The van der Waals surface area contributed by atoms with Crippen LogP contribution in [0, 0.1) is 0 Å². The minimum atomic E-state index is -0.285. The molecule has 6 heteroatoms. The Kier molecular flexibility index (Phi) is 2.24. The average molecular weight is 237 g/mol. The fraction of sp³-hybridized carbons (Fsp3) is 0.500. The van der Waals surface area contributed by atoms with E-state index in [1.165, 1.54) is 6.20 Å². The van der Waals surface area contributed by atoms with Crippen LogP contribution < -0.4 is 10.9 Å². The summed E-state index contributed by atoms with van der Waals surface area (Å²) in [7, 11) is 0. The molecular formula is C10H11N3O2S. The average Bonchev–Trinajstić information content (AvgIpc) is 2.94. The van der Waals surface area contributed by atoms with Crippen LogP contribution in [-0.4, -0.2) is 27.3 Å². The van der Waals surface area contributed by atoms with E-state index in [0.717, 1.165) is 18.6 Å². The summed E-state index contributed by atoms with van der Waals surface area (Å²) in [6, 6.07) is 0.263. The lowest BCUT2D eigenvalue weighted by Crippen LogP contribution is -2.34. The topological polar surface area (TPSA) is 64.0 Å². The van der Waals surface area contributed by atoms with E-state index in [4.69, 9.17) is 0 Å². The maximum absolute atomic E-state index is 12.0. The molecule has 1 saturated carbocycles. The van der Waals surface area contributed by atoms with Crippen LogP contribution in [0.1, 0.15) is 23.2 Å². The molecule has 0 radical (unpaired) electrons. The van der Waals surface area contributed by atoms with Crippen molar-refractivity contribution in [2.24, 2.45) is 0 Å². The Labute approximate surface area is 96.3 Å². The van der Waals surface area contributed by atoms with Crippen molar-refractivity contribution in [3.8, 4) is 0 Å². The summed E-state index contributed by atoms with van der Waals surface area (Å²) in [5.74, 6) is 0.572. The molecule has 0 aromatic carbocycles. The quantitative estimate of drug-likeness (QED) is 0.748. The summed E-state index contributed by atoms with van der Waals surface area (Å²) in [6.07, 6.45) is 3.42. The predicted octanol–water partition coefficient (Wildman–Crippen LogP) is 0.241. The van der Waals surface area contributed by atoms with Crippen molar-refractivity contribution < 1.29 is 4.79 Å². The van der Waals surface area contributed by atoms with Crippen LogP contribution in [-0.2, 0) is 6.54 Å². The van der Waals surface area contributed by atoms with Gasteiger partial charge in [0.25, 0.3) is 11.5 Å². The highest BCUT2D eigenvalue weighted by Crippen LogP contribution is 2.21. The second-order valence-electron chi connectivity index (χ2n) is 4.01. The van der Waals surface area contributed by atoms with Gasteiger partial charge in [-0.25, -0.2) is 4.98 Å². The molecule has 0 unspecified atom stereocenters. The number of nitrogens with zero attached hydrogens (tertiary/aromatic N) is 2. The molecule has 5 nitrogen and oxygen atoms in total. The number of carbonyl (C=O) groups is 1. The molecule has 2 heterocycles. The van der Waals surface area contributed by atoms with Crippen molar-refractivity contribution in [1.29, 1.82) is 0 Å². The molecule has 16 heavy (non-hydrogen) atoms. The molecule has 3 rings (SSSR count). The number of fused-ring (bicyclic) bond motifs is 1. The summed E-state index contributed by atoms with van der Waals surface area (Å²) in [5.41, 5.74) is -0.0497. The number of amides is 1. The van der Waals surface area contributed by atoms with E-state index in [2.05, 4.69) is 10.3 Å². The first-order chi connectivity index (χ1) is 7.75. The van der Waals surface area contributed by atoms with Gasteiger partial charge in [0.05, 0.1) is 0 Å². The van der Waals surface area contributed by atoms with E-state index in [0.29, 0.717) is 11.7 Å². The van der Waals surface area contributed by atoms with Gasteiger partial charge in [-0.2, -0.15) is 0 Å². The number of thioether (sulfide) groups is 1. The van der Waals surface area contributed by atoms with Gasteiger partial charge < -0.3 is 5.32 Å². The molecule has 1 fully saturated rings. The summed E-state index contributed by atoms with van der Waals surface area (Å²) in [4.78, 5) is 27.8. The summed E-state index contributed by atoms with van der Waals surface area (Å²) >= 11 is 1.55. The van der Waals surface area contributed by atoms with Gasteiger partial charge in [-0.15, -0.1) is 0 Å². The first-order valence-electron chi connectivity index (χ1n) is 5.29. The lowest BCUT2D eigenvalue weighted by atomic mass is 10.3. The second-order valence-corrected chi connectivity index (χ2v) is 5.07. The normalized spacial score (nSPS) is 18.2. The zero-order chi connectivity index (χ0) is 11.1. The van der Waals surface area contributed by atoms with Crippen LogP contribution in [0.2, 0.25) is 0 Å². The fourth-order valence-electron chi connectivity index (χ4n) is 1.66. The minimum Gasteiger partial charge on any atom is -0.349 e. The largest absolute Gasteiger partial charge is 0.349 e. The van der Waals surface area contributed by atoms with Gasteiger partial charge in [-0.05, 0) is 12.8 Å². The molecule has 0 saturated heterocycles. The van der Waals surface area contributed by atoms with Gasteiger partial charge in [0, 0.05) is 24.5 Å². The van der Waals surface area contributed by atoms with Gasteiger partial charge in [-0.3, -0.25) is 14.2 Å². The number of aromatic nitrogens is 2. The summed E-state index contributed by atoms with van der Waals surface area (Å²) < 4.78 is 1.58. The third-order valence-electron chi connectivity index (χ3n) is 2.71. The van der Waals surface area contributed by atoms with Crippen molar-refractivity contribution >= 4 is 17.7 Å². The zero-order valence-corrected chi connectivity index (χ0v) is 9.42. The van der Waals surface area contributed by atoms with E-state index >= 15 is 0 Å².